The summed E-state index contributed by atoms with van der Waals surface area (Å²) in [5.41, 5.74) is 5.51. The highest BCUT2D eigenvalue weighted by atomic mass is 16.5. The smallest absolute Gasteiger partial charge is 0.181 e. The number of aromatic nitrogens is 4. The first-order valence-electron chi connectivity index (χ1n) is 6.54. The topological polar surface area (TPSA) is 82.1 Å². The van der Waals surface area contributed by atoms with E-state index in [2.05, 4.69) is 34.3 Å². The third kappa shape index (κ3) is 3.04. The second kappa shape index (κ2) is 6.21. The van der Waals surface area contributed by atoms with Gasteiger partial charge < -0.3 is 10.5 Å². The van der Waals surface area contributed by atoms with Gasteiger partial charge in [0.1, 0.15) is 6.10 Å². The first kappa shape index (κ1) is 13.4. The Kier molecular flexibility index (Phi) is 4.62. The predicted molar refractivity (Wildman–Crippen MR) is 66.9 cm³/mol. The first-order valence-corrected chi connectivity index (χ1v) is 6.54. The number of aryl methyl sites for hydroxylation is 1. The Morgan fingerprint density at radius 3 is 3.06 bits per heavy atom. The molecule has 0 aliphatic carbocycles. The van der Waals surface area contributed by atoms with Gasteiger partial charge in [-0.05, 0) is 37.2 Å². The SMILES string of the molecule is CC(C)N1CCOC(c2nnnn2CCCN)C1. The molecule has 0 bridgehead atoms. The lowest BCUT2D eigenvalue weighted by molar-refractivity contribution is -0.0462. The number of morpholine rings is 1. The van der Waals surface area contributed by atoms with E-state index in [-0.39, 0.29) is 6.10 Å². The van der Waals surface area contributed by atoms with Gasteiger partial charge in [0.15, 0.2) is 5.82 Å². The number of tetrazole rings is 1. The number of ether oxygens (including phenoxy) is 1. The maximum absolute atomic E-state index is 5.79. The molecular formula is C11H22N6O. The van der Waals surface area contributed by atoms with Gasteiger partial charge in [0.2, 0.25) is 0 Å². The van der Waals surface area contributed by atoms with Gasteiger partial charge in [-0.25, -0.2) is 4.68 Å². The van der Waals surface area contributed by atoms with Gasteiger partial charge in [-0.3, -0.25) is 4.90 Å². The molecule has 0 saturated carbocycles. The van der Waals surface area contributed by atoms with Gasteiger partial charge in [-0.15, -0.1) is 5.10 Å². The third-order valence-electron chi connectivity index (χ3n) is 3.25. The third-order valence-corrected chi connectivity index (χ3v) is 3.25. The van der Waals surface area contributed by atoms with Crippen molar-refractivity contribution in [1.29, 1.82) is 0 Å². The molecule has 1 aliphatic heterocycles. The minimum absolute atomic E-state index is 0.0334. The summed E-state index contributed by atoms with van der Waals surface area (Å²) >= 11 is 0. The van der Waals surface area contributed by atoms with E-state index < -0.39 is 0 Å². The lowest BCUT2D eigenvalue weighted by Crippen LogP contribution is -2.43. The molecule has 2 heterocycles. The average molecular weight is 254 g/mol. The van der Waals surface area contributed by atoms with Crippen LogP contribution in [0.3, 0.4) is 0 Å². The van der Waals surface area contributed by atoms with Crippen LogP contribution >= 0.6 is 0 Å². The normalized spacial score (nSPS) is 21.7. The molecule has 7 nitrogen and oxygen atoms in total. The van der Waals surface area contributed by atoms with Crippen LogP contribution in [0, 0.1) is 0 Å². The van der Waals surface area contributed by atoms with Crippen LogP contribution in [0.15, 0.2) is 0 Å². The Labute approximate surface area is 107 Å². The highest BCUT2D eigenvalue weighted by molar-refractivity contribution is 4.92. The average Bonchev–Trinajstić information content (AvgIpc) is 2.84. The minimum Gasteiger partial charge on any atom is -0.367 e. The van der Waals surface area contributed by atoms with Crippen molar-refractivity contribution in [3.8, 4) is 0 Å². The van der Waals surface area contributed by atoms with Crippen molar-refractivity contribution >= 4 is 0 Å². The van der Waals surface area contributed by atoms with Crippen LogP contribution in [0.2, 0.25) is 0 Å². The molecule has 1 aliphatic rings. The van der Waals surface area contributed by atoms with Crippen LogP contribution in [0.1, 0.15) is 32.2 Å². The monoisotopic (exact) mass is 254 g/mol. The molecule has 0 radical (unpaired) electrons. The fraction of sp³-hybridized carbons (Fsp3) is 0.909. The van der Waals surface area contributed by atoms with Gasteiger partial charge in [0, 0.05) is 25.7 Å². The van der Waals surface area contributed by atoms with E-state index in [9.17, 15) is 0 Å². The largest absolute Gasteiger partial charge is 0.367 e. The summed E-state index contributed by atoms with van der Waals surface area (Å²) in [5.74, 6) is 0.814. The van der Waals surface area contributed by atoms with Gasteiger partial charge in [0.25, 0.3) is 0 Å². The van der Waals surface area contributed by atoms with Crippen LogP contribution in [0.4, 0.5) is 0 Å². The minimum atomic E-state index is -0.0334. The van der Waals surface area contributed by atoms with Crippen LogP contribution in [-0.4, -0.2) is 57.4 Å². The lowest BCUT2D eigenvalue weighted by Gasteiger charge is -2.34. The molecule has 0 amide bonds. The zero-order valence-corrected chi connectivity index (χ0v) is 11.1. The summed E-state index contributed by atoms with van der Waals surface area (Å²) in [6.45, 7) is 8.33. The van der Waals surface area contributed by atoms with Gasteiger partial charge in [-0.2, -0.15) is 0 Å². The number of nitrogens with two attached hydrogens (primary N) is 1. The fourth-order valence-electron chi connectivity index (χ4n) is 2.14. The molecule has 102 valence electrons. The second-order valence-electron chi connectivity index (χ2n) is 4.85. The van der Waals surface area contributed by atoms with Crippen molar-refractivity contribution in [2.24, 2.45) is 5.73 Å². The highest BCUT2D eigenvalue weighted by Gasteiger charge is 2.27. The summed E-state index contributed by atoms with van der Waals surface area (Å²) < 4.78 is 7.59. The Morgan fingerprint density at radius 1 is 1.50 bits per heavy atom. The predicted octanol–water partition coefficient (Wildman–Crippen LogP) is -0.196. The number of hydrogen-bond acceptors (Lipinski definition) is 6. The summed E-state index contributed by atoms with van der Waals surface area (Å²) in [7, 11) is 0. The standard InChI is InChI=1S/C11H22N6O/c1-9(2)16-6-7-18-10(8-16)11-13-14-15-17(11)5-3-4-12/h9-10H,3-8,12H2,1-2H3. The van der Waals surface area contributed by atoms with Gasteiger partial charge in [-0.1, -0.05) is 0 Å². The van der Waals surface area contributed by atoms with E-state index in [0.717, 1.165) is 38.5 Å². The molecule has 1 atom stereocenters. The van der Waals surface area contributed by atoms with Crippen molar-refractivity contribution in [3.05, 3.63) is 5.82 Å². The summed E-state index contributed by atoms with van der Waals surface area (Å²) in [5, 5.41) is 11.8. The van der Waals surface area contributed by atoms with Crippen LogP contribution in [0.5, 0.6) is 0 Å². The maximum Gasteiger partial charge on any atom is 0.181 e. The molecule has 18 heavy (non-hydrogen) atoms. The molecule has 1 unspecified atom stereocenters. The van der Waals surface area contributed by atoms with Gasteiger partial charge >= 0.3 is 0 Å². The Bertz CT molecular complexity index is 366. The molecule has 0 aromatic carbocycles. The zero-order chi connectivity index (χ0) is 13.0. The van der Waals surface area contributed by atoms with E-state index >= 15 is 0 Å². The van der Waals surface area contributed by atoms with E-state index in [4.69, 9.17) is 10.5 Å². The molecule has 0 spiro atoms. The number of rotatable bonds is 5. The van der Waals surface area contributed by atoms with Crippen molar-refractivity contribution in [1.82, 2.24) is 25.1 Å². The maximum atomic E-state index is 5.79. The summed E-state index contributed by atoms with van der Waals surface area (Å²) in [6.07, 6.45) is 0.840. The number of nitrogens with zero attached hydrogens (tertiary/aromatic N) is 5. The fourth-order valence-corrected chi connectivity index (χ4v) is 2.14. The Morgan fingerprint density at radius 2 is 2.33 bits per heavy atom. The van der Waals surface area contributed by atoms with E-state index in [1.54, 1.807) is 4.68 Å². The summed E-state index contributed by atoms with van der Waals surface area (Å²) in [4.78, 5) is 2.39. The molecule has 1 saturated heterocycles. The van der Waals surface area contributed by atoms with Crippen molar-refractivity contribution in [2.45, 2.75) is 39.0 Å². The molecular weight excluding hydrogens is 232 g/mol. The van der Waals surface area contributed by atoms with Gasteiger partial charge in [0.05, 0.1) is 6.61 Å². The summed E-state index contributed by atoms with van der Waals surface area (Å²) in [6, 6.07) is 0.518. The second-order valence-corrected chi connectivity index (χ2v) is 4.85. The van der Waals surface area contributed by atoms with Crippen molar-refractivity contribution in [2.75, 3.05) is 26.2 Å². The van der Waals surface area contributed by atoms with Crippen LogP contribution < -0.4 is 5.73 Å². The molecule has 1 fully saturated rings. The molecule has 1 aromatic rings. The Balaban J connectivity index is 2.04. The Hall–Kier alpha value is -1.05. The molecule has 1 aromatic heterocycles. The molecule has 2 rings (SSSR count). The van der Waals surface area contributed by atoms with E-state index in [1.165, 1.54) is 0 Å². The molecule has 7 heteroatoms. The van der Waals surface area contributed by atoms with E-state index in [1.807, 2.05) is 0 Å². The van der Waals surface area contributed by atoms with E-state index in [0.29, 0.717) is 12.6 Å². The van der Waals surface area contributed by atoms with Crippen LogP contribution in [-0.2, 0) is 11.3 Å². The highest BCUT2D eigenvalue weighted by Crippen LogP contribution is 2.21. The lowest BCUT2D eigenvalue weighted by atomic mass is 10.2. The van der Waals surface area contributed by atoms with Crippen molar-refractivity contribution < 1.29 is 4.74 Å². The quantitative estimate of drug-likeness (QED) is 0.784. The van der Waals surface area contributed by atoms with Crippen molar-refractivity contribution in [3.63, 3.8) is 0 Å². The van der Waals surface area contributed by atoms with Crippen LogP contribution in [0.25, 0.3) is 0 Å². The molecule has 2 N–H and O–H groups in total. The number of hydrogen-bond donors (Lipinski definition) is 1. The zero-order valence-electron chi connectivity index (χ0n) is 11.1. The first-order chi connectivity index (χ1) is 8.72.